The van der Waals surface area contributed by atoms with Crippen LogP contribution in [-0.2, 0) is 0 Å². The number of carbonyl (C=O) groups is 1. The first kappa shape index (κ1) is 15.2. The van der Waals surface area contributed by atoms with Gasteiger partial charge in [-0.25, -0.2) is 8.78 Å². The number of amides is 1. The molecule has 0 spiro atoms. The molecule has 0 aromatic heterocycles. The molecule has 3 N–H and O–H groups in total. The van der Waals surface area contributed by atoms with E-state index in [0.29, 0.717) is 16.3 Å². The molecule has 0 radical (unpaired) electrons. The maximum Gasteiger partial charge on any atom is 0.257 e. The van der Waals surface area contributed by atoms with E-state index in [0.717, 1.165) is 6.07 Å². The van der Waals surface area contributed by atoms with Gasteiger partial charge in [-0.2, -0.15) is 0 Å². The van der Waals surface area contributed by atoms with Crippen LogP contribution in [0.25, 0.3) is 0 Å². The van der Waals surface area contributed by atoms with E-state index in [1.165, 1.54) is 13.2 Å². The van der Waals surface area contributed by atoms with Crippen molar-refractivity contribution in [3.63, 3.8) is 0 Å². The molecule has 1 amide bonds. The van der Waals surface area contributed by atoms with Crippen LogP contribution < -0.4 is 15.8 Å². The van der Waals surface area contributed by atoms with Crippen molar-refractivity contribution in [2.45, 2.75) is 0 Å². The molecule has 7 heteroatoms. The van der Waals surface area contributed by atoms with Crippen molar-refractivity contribution in [1.29, 1.82) is 0 Å². The summed E-state index contributed by atoms with van der Waals surface area (Å²) in [7, 11) is 1.46. The third kappa shape index (κ3) is 3.30. The monoisotopic (exact) mass is 356 g/mol. The number of benzene rings is 2. The number of nitrogen functional groups attached to an aromatic ring is 1. The summed E-state index contributed by atoms with van der Waals surface area (Å²) in [5.74, 6) is -1.89. The Labute approximate surface area is 128 Å². The van der Waals surface area contributed by atoms with Crippen molar-refractivity contribution >= 4 is 33.2 Å². The summed E-state index contributed by atoms with van der Waals surface area (Å²) in [6, 6.07) is 6.42. The van der Waals surface area contributed by atoms with Gasteiger partial charge < -0.3 is 15.8 Å². The van der Waals surface area contributed by atoms with E-state index >= 15 is 0 Å². The molecule has 0 aliphatic heterocycles. The standard InChI is InChI=1S/C14H11BrF2N2O2/c1-21-7-2-3-9(15)8(4-7)14(20)19-13-6-12(18)10(16)5-11(13)17/h2-6H,18H2,1H3,(H,19,20). The highest BCUT2D eigenvalue weighted by Crippen LogP contribution is 2.25. The number of hydrogen-bond acceptors (Lipinski definition) is 3. The van der Waals surface area contributed by atoms with Crippen molar-refractivity contribution in [2.75, 3.05) is 18.2 Å². The molecule has 2 rings (SSSR count). The lowest BCUT2D eigenvalue weighted by Gasteiger charge is -2.10. The van der Waals surface area contributed by atoms with Crippen LogP contribution in [-0.4, -0.2) is 13.0 Å². The predicted octanol–water partition coefficient (Wildman–Crippen LogP) is 3.57. The molecule has 0 fully saturated rings. The molecule has 0 aliphatic carbocycles. The molecule has 0 bridgehead atoms. The van der Waals surface area contributed by atoms with Gasteiger partial charge in [0.1, 0.15) is 17.4 Å². The molecule has 0 saturated heterocycles. The number of halogens is 3. The number of anilines is 2. The zero-order valence-corrected chi connectivity index (χ0v) is 12.5. The topological polar surface area (TPSA) is 64.3 Å². The van der Waals surface area contributed by atoms with Gasteiger partial charge in [0, 0.05) is 10.5 Å². The Morgan fingerprint density at radius 1 is 1.24 bits per heavy atom. The summed E-state index contributed by atoms with van der Waals surface area (Å²) < 4.78 is 32.2. The average Bonchev–Trinajstić information content (AvgIpc) is 2.45. The van der Waals surface area contributed by atoms with Gasteiger partial charge in [-0.3, -0.25) is 4.79 Å². The van der Waals surface area contributed by atoms with Crippen LogP contribution in [0.1, 0.15) is 10.4 Å². The lowest BCUT2D eigenvalue weighted by molar-refractivity contribution is 0.102. The molecule has 0 aliphatic rings. The number of ether oxygens (including phenoxy) is 1. The quantitative estimate of drug-likeness (QED) is 0.826. The number of hydrogen-bond donors (Lipinski definition) is 2. The van der Waals surface area contributed by atoms with Gasteiger partial charge in [0.25, 0.3) is 5.91 Å². The van der Waals surface area contributed by atoms with Gasteiger partial charge in [0.2, 0.25) is 0 Å². The lowest BCUT2D eigenvalue weighted by atomic mass is 10.2. The van der Waals surface area contributed by atoms with Crippen LogP contribution in [0.3, 0.4) is 0 Å². The molecular weight excluding hydrogens is 346 g/mol. The average molecular weight is 357 g/mol. The Hall–Kier alpha value is -2.15. The second-order valence-corrected chi connectivity index (χ2v) is 5.01. The van der Waals surface area contributed by atoms with Crippen molar-refractivity contribution in [3.05, 3.63) is 52.0 Å². The Balaban J connectivity index is 2.32. The fourth-order valence-corrected chi connectivity index (χ4v) is 2.08. The molecule has 2 aromatic carbocycles. The number of rotatable bonds is 3. The van der Waals surface area contributed by atoms with Crippen molar-refractivity contribution in [1.82, 2.24) is 0 Å². The van der Waals surface area contributed by atoms with E-state index in [9.17, 15) is 13.6 Å². The van der Waals surface area contributed by atoms with Crippen LogP contribution in [0.5, 0.6) is 5.75 Å². The van der Waals surface area contributed by atoms with E-state index in [4.69, 9.17) is 10.5 Å². The smallest absolute Gasteiger partial charge is 0.257 e. The molecule has 21 heavy (non-hydrogen) atoms. The summed E-state index contributed by atoms with van der Waals surface area (Å²) in [5, 5.41) is 2.34. The number of carbonyl (C=O) groups excluding carboxylic acids is 1. The van der Waals surface area contributed by atoms with Crippen molar-refractivity contribution in [3.8, 4) is 5.75 Å². The molecule has 0 unspecified atom stereocenters. The Kier molecular flexibility index (Phi) is 4.42. The van der Waals surface area contributed by atoms with Gasteiger partial charge in [-0.05, 0) is 40.2 Å². The highest BCUT2D eigenvalue weighted by atomic mass is 79.9. The lowest BCUT2D eigenvalue weighted by Crippen LogP contribution is -2.14. The van der Waals surface area contributed by atoms with Gasteiger partial charge >= 0.3 is 0 Å². The Bertz CT molecular complexity index is 708. The fourth-order valence-electron chi connectivity index (χ4n) is 1.66. The number of methoxy groups -OCH3 is 1. The summed E-state index contributed by atoms with van der Waals surface area (Å²) in [4.78, 5) is 12.2. The summed E-state index contributed by atoms with van der Waals surface area (Å²) in [6.07, 6.45) is 0. The zero-order chi connectivity index (χ0) is 15.6. The summed E-state index contributed by atoms with van der Waals surface area (Å²) in [5.41, 5.74) is 5.15. The predicted molar refractivity (Wildman–Crippen MR) is 79.4 cm³/mol. The van der Waals surface area contributed by atoms with E-state index < -0.39 is 17.5 Å². The highest BCUT2D eigenvalue weighted by molar-refractivity contribution is 9.10. The minimum atomic E-state index is -0.908. The number of nitrogens with two attached hydrogens (primary N) is 1. The van der Waals surface area contributed by atoms with Crippen LogP contribution >= 0.6 is 15.9 Å². The van der Waals surface area contributed by atoms with E-state index in [2.05, 4.69) is 21.2 Å². The molecule has 0 atom stereocenters. The first-order chi connectivity index (χ1) is 9.92. The van der Waals surface area contributed by atoms with Crippen LogP contribution in [0.15, 0.2) is 34.8 Å². The van der Waals surface area contributed by atoms with Crippen LogP contribution in [0.4, 0.5) is 20.2 Å². The molecule has 0 heterocycles. The molecule has 0 saturated carbocycles. The molecule has 110 valence electrons. The third-order valence-corrected chi connectivity index (χ3v) is 3.44. The van der Waals surface area contributed by atoms with Crippen molar-refractivity contribution in [2.24, 2.45) is 0 Å². The maximum absolute atomic E-state index is 13.6. The van der Waals surface area contributed by atoms with Gasteiger partial charge in [-0.1, -0.05) is 0 Å². The molecule has 4 nitrogen and oxygen atoms in total. The molecular formula is C14H11BrF2N2O2. The first-order valence-corrected chi connectivity index (χ1v) is 6.61. The van der Waals surface area contributed by atoms with E-state index in [1.54, 1.807) is 12.1 Å². The first-order valence-electron chi connectivity index (χ1n) is 5.81. The Morgan fingerprint density at radius 2 is 1.95 bits per heavy atom. The summed E-state index contributed by atoms with van der Waals surface area (Å²) in [6.45, 7) is 0. The summed E-state index contributed by atoms with van der Waals surface area (Å²) >= 11 is 3.22. The second kappa shape index (κ2) is 6.09. The van der Waals surface area contributed by atoms with Gasteiger partial charge in [0.15, 0.2) is 0 Å². The number of nitrogens with one attached hydrogen (secondary N) is 1. The molecule has 2 aromatic rings. The fraction of sp³-hybridized carbons (Fsp3) is 0.0714. The minimum Gasteiger partial charge on any atom is -0.497 e. The SMILES string of the molecule is COc1ccc(Br)c(C(=O)Nc2cc(N)c(F)cc2F)c1. The van der Waals surface area contributed by atoms with Crippen LogP contribution in [0.2, 0.25) is 0 Å². The van der Waals surface area contributed by atoms with E-state index in [1.807, 2.05) is 0 Å². The Morgan fingerprint density at radius 3 is 2.62 bits per heavy atom. The highest BCUT2D eigenvalue weighted by Gasteiger charge is 2.15. The van der Waals surface area contributed by atoms with Gasteiger partial charge in [-0.15, -0.1) is 0 Å². The third-order valence-electron chi connectivity index (χ3n) is 2.75. The maximum atomic E-state index is 13.6. The van der Waals surface area contributed by atoms with Crippen LogP contribution in [0, 0.1) is 11.6 Å². The van der Waals surface area contributed by atoms with Gasteiger partial charge in [0.05, 0.1) is 24.0 Å². The van der Waals surface area contributed by atoms with E-state index in [-0.39, 0.29) is 16.9 Å². The largest absolute Gasteiger partial charge is 0.497 e. The normalized spacial score (nSPS) is 10.3. The minimum absolute atomic E-state index is 0.200. The zero-order valence-electron chi connectivity index (χ0n) is 10.9. The van der Waals surface area contributed by atoms with Crippen molar-refractivity contribution < 1.29 is 18.3 Å². The second-order valence-electron chi connectivity index (χ2n) is 4.15.